The second-order valence-electron chi connectivity index (χ2n) is 5.70. The first kappa shape index (κ1) is 16.2. The van der Waals surface area contributed by atoms with Crippen LogP contribution in [0.2, 0.25) is 5.02 Å². The van der Waals surface area contributed by atoms with Crippen LogP contribution < -0.4 is 5.32 Å². The number of nitrogens with one attached hydrogen (secondary N) is 2. The van der Waals surface area contributed by atoms with Gasteiger partial charge in [-0.25, -0.2) is 4.98 Å². The van der Waals surface area contributed by atoms with Crippen molar-refractivity contribution in [3.05, 3.63) is 77.3 Å². The number of hydrogen-bond acceptors (Lipinski definition) is 4. The van der Waals surface area contributed by atoms with Gasteiger partial charge in [-0.05, 0) is 35.9 Å². The normalized spacial score (nSPS) is 10.8. The number of rotatable bonds is 4. The molecule has 26 heavy (non-hydrogen) atoms. The Balaban J connectivity index is 1.61. The molecule has 0 bridgehead atoms. The third-order valence-electron chi connectivity index (χ3n) is 4.02. The maximum Gasteiger partial charge on any atom is 0.272 e. The maximum absolute atomic E-state index is 12.6. The quantitative estimate of drug-likeness (QED) is 0.580. The second kappa shape index (κ2) is 6.93. The largest absolute Gasteiger partial charge is 0.347 e. The zero-order valence-corrected chi connectivity index (χ0v) is 14.4. The van der Waals surface area contributed by atoms with E-state index in [9.17, 15) is 4.79 Å². The molecule has 7 heteroatoms. The van der Waals surface area contributed by atoms with E-state index in [2.05, 4.69) is 25.5 Å². The molecule has 0 atom stereocenters. The highest BCUT2D eigenvalue weighted by atomic mass is 35.5. The van der Waals surface area contributed by atoms with Gasteiger partial charge in [0.1, 0.15) is 5.69 Å². The first-order valence-corrected chi connectivity index (χ1v) is 8.36. The van der Waals surface area contributed by atoms with Crippen LogP contribution in [0.25, 0.3) is 22.2 Å². The van der Waals surface area contributed by atoms with E-state index in [1.165, 1.54) is 0 Å². The summed E-state index contributed by atoms with van der Waals surface area (Å²) in [5.41, 5.74) is 3.55. The highest BCUT2D eigenvalue weighted by Crippen LogP contribution is 2.26. The number of benzene rings is 1. The van der Waals surface area contributed by atoms with Gasteiger partial charge in [0.2, 0.25) is 0 Å². The molecule has 128 valence electrons. The highest BCUT2D eigenvalue weighted by molar-refractivity contribution is 6.30. The van der Waals surface area contributed by atoms with E-state index in [-0.39, 0.29) is 5.91 Å². The zero-order valence-electron chi connectivity index (χ0n) is 13.6. The molecule has 0 saturated carbocycles. The monoisotopic (exact) mass is 363 g/mol. The first-order chi connectivity index (χ1) is 12.7. The minimum Gasteiger partial charge on any atom is -0.347 e. The molecule has 0 radical (unpaired) electrons. The number of amides is 1. The fourth-order valence-corrected chi connectivity index (χ4v) is 2.84. The van der Waals surface area contributed by atoms with E-state index >= 15 is 0 Å². The molecule has 0 spiro atoms. The van der Waals surface area contributed by atoms with Crippen molar-refractivity contribution in [1.82, 2.24) is 25.5 Å². The summed E-state index contributed by atoms with van der Waals surface area (Å²) in [5.74, 6) is -0.268. The number of carbonyl (C=O) groups is 1. The third-order valence-corrected chi connectivity index (χ3v) is 4.27. The van der Waals surface area contributed by atoms with E-state index in [4.69, 9.17) is 11.6 Å². The number of pyridine rings is 2. The molecule has 1 aromatic carbocycles. The van der Waals surface area contributed by atoms with Gasteiger partial charge in [-0.3, -0.25) is 14.9 Å². The Hall–Kier alpha value is -3.25. The van der Waals surface area contributed by atoms with Crippen LogP contribution in [-0.4, -0.2) is 26.1 Å². The molecule has 0 unspecified atom stereocenters. The number of carbonyl (C=O) groups excluding carboxylic acids is 1. The Bertz CT molecular complexity index is 1060. The Labute approximate surface area is 154 Å². The molecule has 0 aliphatic carbocycles. The van der Waals surface area contributed by atoms with Gasteiger partial charge in [0, 0.05) is 41.1 Å². The van der Waals surface area contributed by atoms with Crippen molar-refractivity contribution in [1.29, 1.82) is 0 Å². The average Bonchev–Trinajstić information content (AvgIpc) is 3.12. The van der Waals surface area contributed by atoms with Gasteiger partial charge < -0.3 is 5.32 Å². The van der Waals surface area contributed by atoms with Gasteiger partial charge >= 0.3 is 0 Å². The Morgan fingerprint density at radius 1 is 1.04 bits per heavy atom. The summed E-state index contributed by atoms with van der Waals surface area (Å²) >= 11 is 5.88. The topological polar surface area (TPSA) is 83.6 Å². The molecular formula is C19H14ClN5O. The fourth-order valence-electron chi connectivity index (χ4n) is 2.71. The molecule has 3 aromatic heterocycles. The van der Waals surface area contributed by atoms with Crippen molar-refractivity contribution in [2.75, 3.05) is 0 Å². The molecule has 3 heterocycles. The van der Waals surface area contributed by atoms with E-state index in [0.29, 0.717) is 22.8 Å². The SMILES string of the molecule is O=C(NCc1ccc(Cl)cc1)c1nccc2c(-c3ccncc3)n[nH]c12. The van der Waals surface area contributed by atoms with Crippen molar-refractivity contribution in [2.45, 2.75) is 6.54 Å². The number of aromatic nitrogens is 4. The van der Waals surface area contributed by atoms with Crippen LogP contribution in [0.5, 0.6) is 0 Å². The fraction of sp³-hybridized carbons (Fsp3) is 0.0526. The van der Waals surface area contributed by atoms with Crippen LogP contribution in [0, 0.1) is 0 Å². The molecule has 0 aliphatic heterocycles. The maximum atomic E-state index is 12.6. The minimum atomic E-state index is -0.268. The zero-order chi connectivity index (χ0) is 17.9. The predicted octanol–water partition coefficient (Wildman–Crippen LogP) is 3.60. The van der Waals surface area contributed by atoms with Gasteiger partial charge in [0.05, 0.1) is 5.52 Å². The standard InChI is InChI=1S/C19H14ClN5O/c20-14-3-1-12(2-4-14)11-23-19(26)18-17-15(7-10-22-18)16(24-25-17)13-5-8-21-9-6-13/h1-10H,11H2,(H,23,26)(H,24,25). The lowest BCUT2D eigenvalue weighted by molar-refractivity contribution is 0.0947. The molecule has 0 saturated heterocycles. The summed E-state index contributed by atoms with van der Waals surface area (Å²) in [6.45, 7) is 0.388. The third kappa shape index (κ3) is 3.14. The van der Waals surface area contributed by atoms with E-state index in [1.54, 1.807) is 30.7 Å². The molecular weight excluding hydrogens is 350 g/mol. The van der Waals surface area contributed by atoms with Crippen molar-refractivity contribution in [3.8, 4) is 11.3 Å². The van der Waals surface area contributed by atoms with Gasteiger partial charge in [0.25, 0.3) is 5.91 Å². The molecule has 4 aromatic rings. The van der Waals surface area contributed by atoms with Crippen LogP contribution in [0.4, 0.5) is 0 Å². The number of hydrogen-bond donors (Lipinski definition) is 2. The van der Waals surface area contributed by atoms with E-state index < -0.39 is 0 Å². The van der Waals surface area contributed by atoms with Crippen molar-refractivity contribution in [3.63, 3.8) is 0 Å². The molecule has 6 nitrogen and oxygen atoms in total. The summed E-state index contributed by atoms with van der Waals surface area (Å²) in [5, 5.41) is 11.6. The molecule has 1 amide bonds. The summed E-state index contributed by atoms with van der Waals surface area (Å²) in [6.07, 6.45) is 5.02. The smallest absolute Gasteiger partial charge is 0.272 e. The number of halogens is 1. The van der Waals surface area contributed by atoms with E-state index in [1.807, 2.05) is 30.3 Å². The average molecular weight is 364 g/mol. The van der Waals surface area contributed by atoms with Gasteiger partial charge in [0.15, 0.2) is 5.69 Å². The van der Waals surface area contributed by atoms with Crippen LogP contribution in [0.1, 0.15) is 16.1 Å². The second-order valence-corrected chi connectivity index (χ2v) is 6.14. The van der Waals surface area contributed by atoms with Crippen molar-refractivity contribution in [2.24, 2.45) is 0 Å². The highest BCUT2D eigenvalue weighted by Gasteiger charge is 2.16. The molecule has 0 fully saturated rings. The molecule has 2 N–H and O–H groups in total. The Morgan fingerprint density at radius 2 is 1.81 bits per heavy atom. The predicted molar refractivity (Wildman–Crippen MR) is 99.7 cm³/mol. The van der Waals surface area contributed by atoms with Crippen LogP contribution >= 0.6 is 11.6 Å². The van der Waals surface area contributed by atoms with Crippen LogP contribution in [0.3, 0.4) is 0 Å². The lowest BCUT2D eigenvalue weighted by atomic mass is 10.1. The number of H-pyrrole nitrogens is 1. The van der Waals surface area contributed by atoms with Gasteiger partial charge in [-0.15, -0.1) is 0 Å². The van der Waals surface area contributed by atoms with Gasteiger partial charge in [-0.1, -0.05) is 23.7 Å². The summed E-state index contributed by atoms with van der Waals surface area (Å²) in [4.78, 5) is 20.8. The number of nitrogens with zero attached hydrogens (tertiary/aromatic N) is 3. The molecule has 0 aliphatic rings. The lowest BCUT2D eigenvalue weighted by Gasteiger charge is -2.06. The summed E-state index contributed by atoms with van der Waals surface area (Å²) in [6, 6.07) is 12.9. The van der Waals surface area contributed by atoms with Crippen LogP contribution in [0.15, 0.2) is 61.1 Å². The Kier molecular flexibility index (Phi) is 4.33. The van der Waals surface area contributed by atoms with Crippen molar-refractivity contribution >= 4 is 28.4 Å². The summed E-state index contributed by atoms with van der Waals surface area (Å²) in [7, 11) is 0. The lowest BCUT2D eigenvalue weighted by Crippen LogP contribution is -2.24. The number of aromatic amines is 1. The number of fused-ring (bicyclic) bond motifs is 1. The van der Waals surface area contributed by atoms with Gasteiger partial charge in [-0.2, -0.15) is 5.10 Å². The summed E-state index contributed by atoms with van der Waals surface area (Å²) < 4.78 is 0. The molecule has 4 rings (SSSR count). The first-order valence-electron chi connectivity index (χ1n) is 7.98. The Morgan fingerprint density at radius 3 is 2.58 bits per heavy atom. The van der Waals surface area contributed by atoms with Crippen LogP contribution in [-0.2, 0) is 6.54 Å². The van der Waals surface area contributed by atoms with E-state index in [0.717, 1.165) is 22.2 Å². The minimum absolute atomic E-state index is 0.268. The van der Waals surface area contributed by atoms with Crippen molar-refractivity contribution < 1.29 is 4.79 Å².